The first-order chi connectivity index (χ1) is 22.0. The molecule has 2 aromatic heterocycles. The van der Waals surface area contributed by atoms with Crippen molar-refractivity contribution in [2.75, 3.05) is 6.54 Å². The van der Waals surface area contributed by atoms with E-state index >= 15 is 0 Å². The van der Waals surface area contributed by atoms with Crippen molar-refractivity contribution in [3.05, 3.63) is 93.9 Å². The highest BCUT2D eigenvalue weighted by atomic mass is 32.2. The average molecular weight is 669 g/mol. The summed E-state index contributed by atoms with van der Waals surface area (Å²) in [6.45, 7) is 16.8. The molecule has 254 valence electrons. The zero-order valence-corrected chi connectivity index (χ0v) is 29.0. The summed E-state index contributed by atoms with van der Waals surface area (Å²) in [5.74, 6) is -1.73. The molecule has 2 heterocycles. The fourth-order valence-corrected chi connectivity index (χ4v) is 6.73. The van der Waals surface area contributed by atoms with Crippen LogP contribution in [0.3, 0.4) is 0 Å². The molecule has 0 aliphatic carbocycles. The van der Waals surface area contributed by atoms with Crippen LogP contribution in [0.4, 0.5) is 13.2 Å². The quantitative estimate of drug-likeness (QED) is 0.0651. The summed E-state index contributed by atoms with van der Waals surface area (Å²) in [6.07, 6.45) is 0.967. The largest absolute Gasteiger partial charge is 0.449 e. The molecule has 47 heavy (non-hydrogen) atoms. The minimum atomic E-state index is -4.90. The number of unbranched alkanes of at least 4 members (excludes halogenated alkanes) is 2. The minimum absolute atomic E-state index is 0.0764. The Morgan fingerprint density at radius 2 is 1.85 bits per heavy atom. The van der Waals surface area contributed by atoms with E-state index in [0.29, 0.717) is 39.5 Å². The van der Waals surface area contributed by atoms with Gasteiger partial charge in [0.05, 0.1) is 17.1 Å². The van der Waals surface area contributed by atoms with Gasteiger partial charge >= 0.3 is 6.18 Å². The second-order valence-electron chi connectivity index (χ2n) is 12.4. The van der Waals surface area contributed by atoms with Crippen molar-refractivity contribution in [2.45, 2.75) is 97.2 Å². The summed E-state index contributed by atoms with van der Waals surface area (Å²) in [5.41, 5.74) is 11.2. The Labute approximate surface area is 280 Å². The molecule has 0 aliphatic rings. The third-order valence-corrected chi connectivity index (χ3v) is 9.51. The molecule has 0 amide bonds. The van der Waals surface area contributed by atoms with Gasteiger partial charge in [-0.3, -0.25) is 25.2 Å². The SMILES string of the molecule is C=C(N)c1ccc(SN(Cc2cc(C(CC(C)=O)c3ccn(C(=N)C(F)(F)F)c(=N)c3C)ccc2C)CC(C)CCCCC)c(C)n1. The monoisotopic (exact) mass is 668 g/mol. The molecule has 0 spiro atoms. The molecule has 3 rings (SSSR count). The van der Waals surface area contributed by atoms with Crippen LogP contribution in [0, 0.1) is 37.5 Å². The van der Waals surface area contributed by atoms with Gasteiger partial charge in [0.2, 0.25) is 5.84 Å². The van der Waals surface area contributed by atoms with Gasteiger partial charge < -0.3 is 5.73 Å². The lowest BCUT2D eigenvalue weighted by molar-refractivity contribution is -0.117. The van der Waals surface area contributed by atoms with Gasteiger partial charge in [-0.15, -0.1) is 0 Å². The Balaban J connectivity index is 2.03. The molecular weight excluding hydrogens is 621 g/mol. The average Bonchev–Trinajstić information content (AvgIpc) is 2.98. The maximum absolute atomic E-state index is 13.3. The molecular formula is C36H47F3N6OS. The third-order valence-electron chi connectivity index (χ3n) is 8.34. The van der Waals surface area contributed by atoms with E-state index in [4.69, 9.17) is 16.6 Å². The lowest BCUT2D eigenvalue weighted by atomic mass is 9.84. The highest BCUT2D eigenvalue weighted by molar-refractivity contribution is 7.97. The van der Waals surface area contributed by atoms with Crippen LogP contribution in [0.2, 0.25) is 0 Å². The van der Waals surface area contributed by atoms with Crippen molar-refractivity contribution in [1.82, 2.24) is 13.9 Å². The van der Waals surface area contributed by atoms with Crippen molar-refractivity contribution in [1.29, 1.82) is 10.8 Å². The van der Waals surface area contributed by atoms with Gasteiger partial charge in [-0.25, -0.2) is 4.31 Å². The van der Waals surface area contributed by atoms with Crippen LogP contribution in [0.1, 0.15) is 98.0 Å². The van der Waals surface area contributed by atoms with Crippen LogP contribution in [-0.2, 0) is 11.3 Å². The molecule has 0 saturated heterocycles. The molecule has 0 radical (unpaired) electrons. The van der Waals surface area contributed by atoms with Gasteiger partial charge in [-0.1, -0.05) is 57.9 Å². The zero-order valence-electron chi connectivity index (χ0n) is 28.2. The van der Waals surface area contributed by atoms with E-state index in [1.165, 1.54) is 25.8 Å². The van der Waals surface area contributed by atoms with Crippen molar-refractivity contribution in [3.63, 3.8) is 0 Å². The molecule has 0 bridgehead atoms. The first kappa shape index (κ1) is 37.8. The Kier molecular flexibility index (Phi) is 13.2. The van der Waals surface area contributed by atoms with Crippen LogP contribution < -0.4 is 11.2 Å². The molecule has 4 N–H and O–H groups in total. The molecule has 0 aliphatic heterocycles. The number of carbonyl (C=O) groups excluding carboxylic acids is 1. The molecule has 3 aromatic rings. The van der Waals surface area contributed by atoms with Crippen molar-refractivity contribution >= 4 is 29.3 Å². The summed E-state index contributed by atoms with van der Waals surface area (Å²) in [7, 11) is 0. The molecule has 1 aromatic carbocycles. The van der Waals surface area contributed by atoms with Gasteiger partial charge in [0.25, 0.3) is 0 Å². The summed E-state index contributed by atoms with van der Waals surface area (Å²) < 4.78 is 42.8. The molecule has 11 heteroatoms. The number of benzene rings is 1. The number of Topliss-reactive ketones (excluding diaryl/α,β-unsaturated/α-hetero) is 1. The maximum Gasteiger partial charge on any atom is 0.449 e. The van der Waals surface area contributed by atoms with E-state index in [9.17, 15) is 18.0 Å². The van der Waals surface area contributed by atoms with Crippen LogP contribution in [-0.4, -0.2) is 38.2 Å². The van der Waals surface area contributed by atoms with E-state index in [0.717, 1.165) is 52.9 Å². The van der Waals surface area contributed by atoms with Gasteiger partial charge in [0, 0.05) is 36.5 Å². The van der Waals surface area contributed by atoms with E-state index in [1.807, 2.05) is 38.1 Å². The van der Waals surface area contributed by atoms with E-state index in [-0.39, 0.29) is 12.2 Å². The first-order valence-corrected chi connectivity index (χ1v) is 16.7. The lowest BCUT2D eigenvalue weighted by Crippen LogP contribution is -2.38. The normalized spacial score (nSPS) is 13.1. The number of alkyl halides is 3. The van der Waals surface area contributed by atoms with Gasteiger partial charge in [0.15, 0.2) is 0 Å². The number of nitrogens with two attached hydrogens (primary N) is 1. The Hall–Kier alpha value is -3.70. The minimum Gasteiger partial charge on any atom is -0.397 e. The number of carbonyl (C=O) groups is 1. The number of hydrogen-bond donors (Lipinski definition) is 3. The Morgan fingerprint density at radius 1 is 1.15 bits per heavy atom. The standard InChI is InChI=1S/C36H47F3N6OS/c1-8-9-10-11-22(2)20-44(47-33-15-14-32(26(6)40)43-27(33)7)21-29-19-28(13-12-23(29)3)31(18-24(4)46)30-16-17-45(34(41)25(30)5)35(42)36(37,38)39/h12-17,19,22,31,41-42H,6,8-11,18,20-21,40H2,1-5,7H3. The summed E-state index contributed by atoms with van der Waals surface area (Å²) in [6, 6.07) is 11.4. The number of aryl methyl sites for hydroxylation is 2. The van der Waals surface area contributed by atoms with E-state index < -0.39 is 23.4 Å². The summed E-state index contributed by atoms with van der Waals surface area (Å²) in [5, 5.41) is 16.0. The second-order valence-corrected chi connectivity index (χ2v) is 13.6. The number of ketones is 1. The van der Waals surface area contributed by atoms with Crippen molar-refractivity contribution in [3.8, 4) is 0 Å². The van der Waals surface area contributed by atoms with Gasteiger partial charge in [-0.05, 0) is 98.0 Å². The second kappa shape index (κ2) is 16.4. The molecule has 2 atom stereocenters. The molecule has 0 fully saturated rings. The number of hydrogen-bond acceptors (Lipinski definition) is 7. The number of nitrogens with one attached hydrogen (secondary N) is 2. The van der Waals surface area contributed by atoms with Crippen molar-refractivity contribution in [2.24, 2.45) is 11.7 Å². The molecule has 0 saturated carbocycles. The highest BCUT2D eigenvalue weighted by Gasteiger charge is 2.36. The smallest absolute Gasteiger partial charge is 0.397 e. The maximum atomic E-state index is 13.3. The lowest BCUT2D eigenvalue weighted by Gasteiger charge is -2.27. The molecule has 7 nitrogen and oxygen atoms in total. The Morgan fingerprint density at radius 3 is 2.45 bits per heavy atom. The number of rotatable bonds is 15. The fourth-order valence-electron chi connectivity index (χ4n) is 5.61. The number of halogens is 3. The van der Waals surface area contributed by atoms with Gasteiger partial charge in [-0.2, -0.15) is 13.2 Å². The summed E-state index contributed by atoms with van der Waals surface area (Å²) in [4.78, 5) is 18.1. The predicted octanol–water partition coefficient (Wildman–Crippen LogP) is 8.44. The topological polar surface area (TPSA) is 112 Å². The third kappa shape index (κ3) is 10.1. The highest BCUT2D eigenvalue weighted by Crippen LogP contribution is 2.34. The van der Waals surface area contributed by atoms with Crippen LogP contribution in [0.25, 0.3) is 5.70 Å². The number of nitrogens with zero attached hydrogens (tertiary/aromatic N) is 3. The molecule has 2 unspecified atom stereocenters. The van der Waals surface area contributed by atoms with E-state index in [2.05, 4.69) is 35.8 Å². The summed E-state index contributed by atoms with van der Waals surface area (Å²) >= 11 is 1.65. The van der Waals surface area contributed by atoms with Crippen LogP contribution in [0.5, 0.6) is 0 Å². The Bertz CT molecular complexity index is 1670. The van der Waals surface area contributed by atoms with Gasteiger partial charge in [0.1, 0.15) is 11.3 Å². The number of pyridine rings is 2. The predicted molar refractivity (Wildman–Crippen MR) is 184 cm³/mol. The first-order valence-electron chi connectivity index (χ1n) is 15.9. The van der Waals surface area contributed by atoms with Crippen molar-refractivity contribution < 1.29 is 18.0 Å². The number of aromatic nitrogens is 2. The van der Waals surface area contributed by atoms with E-state index in [1.54, 1.807) is 18.9 Å². The van der Waals surface area contributed by atoms with Crippen LogP contribution >= 0.6 is 11.9 Å². The fraction of sp³-hybridized carbons (Fsp3) is 0.444. The zero-order chi connectivity index (χ0) is 35.1. The van der Waals surface area contributed by atoms with Crippen LogP contribution in [0.15, 0.2) is 54.1 Å².